The molecule has 2 heterocycles. The molecule has 0 radical (unpaired) electrons. The number of azo groups is 2. The van der Waals surface area contributed by atoms with E-state index in [2.05, 4.69) is 31.2 Å². The van der Waals surface area contributed by atoms with Crippen LogP contribution in [0.5, 0.6) is 23.3 Å². The van der Waals surface area contributed by atoms with Gasteiger partial charge in [0.2, 0.25) is 21.8 Å². The van der Waals surface area contributed by atoms with Crippen LogP contribution in [0.4, 0.5) is 27.1 Å². The monoisotopic (exact) mass is 678 g/mol. The van der Waals surface area contributed by atoms with E-state index < -0.39 is 0 Å². The minimum absolute atomic E-state index is 0. The molecule has 0 aliphatic heterocycles. The summed E-state index contributed by atoms with van der Waals surface area (Å²) in [6, 6.07) is 9.26. The summed E-state index contributed by atoms with van der Waals surface area (Å²) in [7, 11) is 0. The molecule has 4 rings (SSSR count). The SMILES string of the molecule is CCn1c(O)c(N=Nc2cc(C)ccc2O)sc1=S.CCn1c(O)c(N=Nc2cc(NN=O)ccc2O)sc1=S.[Ni]. The summed E-state index contributed by atoms with van der Waals surface area (Å²) in [6.45, 7) is 6.72. The zero-order valence-electron chi connectivity index (χ0n) is 21.7. The Hall–Kier alpha value is -3.57. The Labute approximate surface area is 262 Å². The zero-order chi connectivity index (χ0) is 29.4. The van der Waals surface area contributed by atoms with Crippen LogP contribution in [0.25, 0.3) is 0 Å². The molecule has 2 aromatic heterocycles. The van der Waals surface area contributed by atoms with E-state index >= 15 is 0 Å². The molecule has 0 bridgehead atoms. The van der Waals surface area contributed by atoms with Gasteiger partial charge in [-0.25, -0.2) is 5.43 Å². The Bertz CT molecular complexity index is 1700. The summed E-state index contributed by atoms with van der Waals surface area (Å²) < 4.78 is 4.11. The van der Waals surface area contributed by atoms with Gasteiger partial charge in [-0.15, -0.1) is 25.4 Å². The van der Waals surface area contributed by atoms with Gasteiger partial charge in [0.15, 0.2) is 7.91 Å². The van der Waals surface area contributed by atoms with E-state index in [-0.39, 0.29) is 50.4 Å². The second kappa shape index (κ2) is 15.4. The first kappa shape index (κ1) is 33.6. The second-order valence-electron chi connectivity index (χ2n) is 7.78. The molecule has 0 unspecified atom stereocenters. The second-order valence-corrected chi connectivity index (χ2v) is 11.0. The summed E-state index contributed by atoms with van der Waals surface area (Å²) in [5.41, 5.74) is 4.02. The summed E-state index contributed by atoms with van der Waals surface area (Å²) in [4.78, 5) is 10.1. The van der Waals surface area contributed by atoms with Gasteiger partial charge in [0.05, 0.1) is 11.0 Å². The summed E-state index contributed by atoms with van der Waals surface area (Å²) in [5.74, 6) is -0.131. The van der Waals surface area contributed by atoms with Crippen molar-refractivity contribution in [3.05, 3.63) is 54.8 Å². The van der Waals surface area contributed by atoms with Gasteiger partial charge in [0.1, 0.15) is 22.9 Å². The van der Waals surface area contributed by atoms with E-state index in [9.17, 15) is 25.3 Å². The summed E-state index contributed by atoms with van der Waals surface area (Å²) >= 11 is 12.5. The number of aryl methyl sites for hydroxylation is 1. The zero-order valence-corrected chi connectivity index (χ0v) is 25.9. The maximum Gasteiger partial charge on any atom is 0.232 e. The number of nitroso groups, excluding NO2 is 1. The van der Waals surface area contributed by atoms with Crippen LogP contribution in [0, 0.1) is 19.7 Å². The Morgan fingerprint density at radius 2 is 1.24 bits per heavy atom. The molecule has 0 amide bonds. The maximum atomic E-state index is 10.1. The average molecular weight is 679 g/mol. The van der Waals surface area contributed by atoms with Crippen molar-refractivity contribution in [3.8, 4) is 23.3 Å². The molecule has 0 saturated heterocycles. The number of rotatable bonds is 8. The summed E-state index contributed by atoms with van der Waals surface area (Å²) in [5, 5.41) is 57.9. The van der Waals surface area contributed by atoms with E-state index in [4.69, 9.17) is 24.4 Å². The number of hydrogen-bond acceptors (Lipinski definition) is 14. The number of aromatic hydroxyl groups is 4. The molecule has 5 N–H and O–H groups in total. The number of thiazole rings is 2. The minimum atomic E-state index is -0.117. The van der Waals surface area contributed by atoms with Crippen molar-refractivity contribution in [2.24, 2.45) is 25.7 Å². The molecule has 0 aliphatic carbocycles. The van der Waals surface area contributed by atoms with Gasteiger partial charge in [0.25, 0.3) is 0 Å². The molecule has 18 heteroatoms. The minimum Gasteiger partial charge on any atom is -0.506 e. The quantitative estimate of drug-likeness (QED) is 0.0306. The number of benzene rings is 2. The van der Waals surface area contributed by atoms with Crippen molar-refractivity contribution < 1.29 is 36.9 Å². The fourth-order valence-corrected chi connectivity index (χ4v) is 5.55. The molecule has 0 saturated carbocycles. The van der Waals surface area contributed by atoms with E-state index in [0.717, 1.165) is 16.9 Å². The van der Waals surface area contributed by atoms with Crippen molar-refractivity contribution >= 4 is 74.2 Å². The smallest absolute Gasteiger partial charge is 0.232 e. The standard InChI is InChI=1S/C12H13N3O2S2.C11H11N5O3S2.Ni/c1-3-15-11(17)10(19-12(15)18)14-13-8-6-7(2)4-5-9(8)16;1-2-16-10(18)9(21-11(16)20)14-13-7-5-6(12-15-19)3-4-8(7)17;/h4-6,16-17H,3H2,1-2H3;3-5,17-18H,2H2,1H3,(H,12,19);. The Balaban J connectivity index is 0.000000281. The number of nitrogens with zero attached hydrogens (tertiary/aromatic N) is 7. The number of anilines is 1. The maximum absolute atomic E-state index is 10.1. The predicted octanol–water partition coefficient (Wildman–Crippen LogP) is 8.65. The van der Waals surface area contributed by atoms with Crippen LogP contribution in [0.3, 0.4) is 0 Å². The van der Waals surface area contributed by atoms with Crippen molar-refractivity contribution in [2.45, 2.75) is 33.9 Å². The molecule has 13 nitrogen and oxygen atoms in total. The van der Waals surface area contributed by atoms with Crippen molar-refractivity contribution in [1.29, 1.82) is 0 Å². The van der Waals surface area contributed by atoms with Gasteiger partial charge >= 0.3 is 0 Å². The van der Waals surface area contributed by atoms with Gasteiger partial charge in [-0.2, -0.15) is 0 Å². The summed E-state index contributed by atoms with van der Waals surface area (Å²) in [6.07, 6.45) is 0. The van der Waals surface area contributed by atoms with Crippen LogP contribution < -0.4 is 5.43 Å². The molecule has 0 aliphatic rings. The van der Waals surface area contributed by atoms with E-state index in [1.54, 1.807) is 22.8 Å². The third-order valence-corrected chi connectivity index (χ3v) is 7.76. The van der Waals surface area contributed by atoms with Crippen molar-refractivity contribution in [3.63, 3.8) is 0 Å². The third kappa shape index (κ3) is 8.47. The average Bonchev–Trinajstić information content (AvgIpc) is 3.36. The van der Waals surface area contributed by atoms with Crippen LogP contribution in [0.2, 0.25) is 0 Å². The number of aromatic nitrogens is 2. The molecule has 0 atom stereocenters. The first-order valence-corrected chi connectivity index (χ1v) is 13.9. The van der Waals surface area contributed by atoms with Gasteiger partial charge in [-0.1, -0.05) is 28.7 Å². The van der Waals surface area contributed by atoms with Crippen LogP contribution >= 0.6 is 47.1 Å². The normalized spacial score (nSPS) is 10.8. The van der Waals surface area contributed by atoms with Crippen LogP contribution in [0.15, 0.2) is 62.1 Å². The third-order valence-electron chi connectivity index (χ3n) is 5.11. The van der Waals surface area contributed by atoms with Gasteiger partial charge in [0, 0.05) is 29.6 Å². The van der Waals surface area contributed by atoms with Gasteiger partial charge in [-0.05, 0) is 81.1 Å². The molecular weight excluding hydrogens is 655 g/mol. The Kier molecular flexibility index (Phi) is 12.7. The molecule has 0 spiro atoms. The molecule has 41 heavy (non-hydrogen) atoms. The van der Waals surface area contributed by atoms with E-state index in [0.29, 0.717) is 37.4 Å². The van der Waals surface area contributed by atoms with Gasteiger partial charge < -0.3 is 20.4 Å². The number of nitrogens with one attached hydrogen (secondary N) is 1. The number of phenolic OH excluding ortho intramolecular Hbond substituents is 2. The molecule has 2 aromatic carbocycles. The Morgan fingerprint density at radius 3 is 1.68 bits per heavy atom. The van der Waals surface area contributed by atoms with Gasteiger partial charge in [-0.3, -0.25) is 9.13 Å². The fraction of sp³-hybridized carbons (Fsp3) is 0.217. The van der Waals surface area contributed by atoms with Crippen molar-refractivity contribution in [1.82, 2.24) is 9.13 Å². The first-order valence-electron chi connectivity index (χ1n) is 11.5. The molecule has 0 fully saturated rings. The number of phenols is 2. The number of hydrogen-bond donors (Lipinski definition) is 5. The first-order chi connectivity index (χ1) is 19.1. The molecule has 220 valence electrons. The predicted molar refractivity (Wildman–Crippen MR) is 160 cm³/mol. The fourth-order valence-electron chi connectivity index (χ4n) is 3.10. The Morgan fingerprint density at radius 1 is 0.780 bits per heavy atom. The van der Waals surface area contributed by atoms with Crippen molar-refractivity contribution in [2.75, 3.05) is 5.43 Å². The topological polar surface area (TPSA) is 182 Å². The van der Waals surface area contributed by atoms with Crippen LogP contribution in [-0.2, 0) is 29.6 Å². The largest absolute Gasteiger partial charge is 0.506 e. The van der Waals surface area contributed by atoms with E-state index in [1.165, 1.54) is 34.1 Å². The molecule has 4 aromatic rings. The van der Waals surface area contributed by atoms with Crippen LogP contribution in [-0.4, -0.2) is 29.6 Å². The van der Waals surface area contributed by atoms with Crippen LogP contribution in [0.1, 0.15) is 19.4 Å². The van der Waals surface area contributed by atoms with E-state index in [1.807, 2.05) is 20.8 Å². The molecular formula is C23H24N8NiO5S4.